The summed E-state index contributed by atoms with van der Waals surface area (Å²) in [6, 6.07) is 8.95. The maximum absolute atomic E-state index is 12.6. The van der Waals surface area contributed by atoms with Crippen LogP contribution in [0.2, 0.25) is 10.0 Å². The third-order valence-corrected chi connectivity index (χ3v) is 6.56. The summed E-state index contributed by atoms with van der Waals surface area (Å²) in [5, 5.41) is 3.22. The summed E-state index contributed by atoms with van der Waals surface area (Å²) in [7, 11) is -1.05. The van der Waals surface area contributed by atoms with Crippen LogP contribution in [0.25, 0.3) is 0 Å². The van der Waals surface area contributed by atoms with Crippen molar-refractivity contribution in [2.24, 2.45) is 0 Å². The first kappa shape index (κ1) is 21.0. The molecule has 2 rings (SSSR count). The lowest BCUT2D eigenvalue weighted by Crippen LogP contribution is -2.35. The maximum atomic E-state index is 12.6. The van der Waals surface area contributed by atoms with Crippen molar-refractivity contribution in [3.8, 4) is 5.75 Å². The summed E-state index contributed by atoms with van der Waals surface area (Å²) >= 11 is 15.0. The summed E-state index contributed by atoms with van der Waals surface area (Å²) in [6.07, 6.45) is 0. The lowest BCUT2D eigenvalue weighted by atomic mass is 10.3. The summed E-state index contributed by atoms with van der Waals surface area (Å²) in [5.41, 5.74) is 0.419. The van der Waals surface area contributed by atoms with Gasteiger partial charge in [-0.1, -0.05) is 23.2 Å². The number of likely N-dealkylation sites (N-methyl/N-ethyl adjacent to an activating group) is 1. The molecule has 2 aromatic carbocycles. The van der Waals surface area contributed by atoms with Crippen LogP contribution in [0.1, 0.15) is 0 Å². The Bertz CT molecular complexity index is 938. The number of nitrogens with zero attached hydrogens (tertiary/aromatic N) is 1. The predicted octanol–water partition coefficient (Wildman–Crippen LogP) is 4.02. The molecule has 10 heteroatoms. The van der Waals surface area contributed by atoms with E-state index in [-0.39, 0.29) is 16.5 Å². The SMILES string of the molecule is COc1ccc(S(=O)(=O)N(C)CC(=O)Nc2ccc(Cl)c(Cl)c2)cc1Br. The van der Waals surface area contributed by atoms with Gasteiger partial charge in [0.05, 0.1) is 33.1 Å². The van der Waals surface area contributed by atoms with Gasteiger partial charge in [0.2, 0.25) is 15.9 Å². The van der Waals surface area contributed by atoms with Gasteiger partial charge in [-0.2, -0.15) is 4.31 Å². The molecule has 0 unspecified atom stereocenters. The number of ether oxygens (including phenoxy) is 1. The van der Waals surface area contributed by atoms with Crippen LogP contribution in [0.15, 0.2) is 45.8 Å². The van der Waals surface area contributed by atoms with Gasteiger partial charge in [0, 0.05) is 12.7 Å². The molecule has 0 aliphatic carbocycles. The van der Waals surface area contributed by atoms with Crippen LogP contribution in [-0.4, -0.2) is 39.3 Å². The van der Waals surface area contributed by atoms with Crippen molar-refractivity contribution < 1.29 is 17.9 Å². The molecule has 0 fully saturated rings. The van der Waals surface area contributed by atoms with E-state index in [9.17, 15) is 13.2 Å². The van der Waals surface area contributed by atoms with Crippen molar-refractivity contribution in [1.82, 2.24) is 4.31 Å². The second-order valence-electron chi connectivity index (χ2n) is 5.23. The minimum atomic E-state index is -3.85. The monoisotopic (exact) mass is 480 g/mol. The minimum absolute atomic E-state index is 0.0370. The first-order valence-corrected chi connectivity index (χ1v) is 10.2. The minimum Gasteiger partial charge on any atom is -0.496 e. The zero-order valence-corrected chi connectivity index (χ0v) is 17.7. The number of methoxy groups -OCH3 is 1. The molecule has 0 atom stereocenters. The molecule has 26 heavy (non-hydrogen) atoms. The number of anilines is 1. The Labute approximate surface area is 170 Å². The number of hydrogen-bond acceptors (Lipinski definition) is 4. The molecule has 0 radical (unpaired) electrons. The Morgan fingerprint density at radius 2 is 1.88 bits per heavy atom. The molecule has 0 saturated heterocycles. The van der Waals surface area contributed by atoms with Gasteiger partial charge >= 0.3 is 0 Å². The van der Waals surface area contributed by atoms with Gasteiger partial charge in [-0.15, -0.1) is 0 Å². The van der Waals surface area contributed by atoms with Crippen LogP contribution in [-0.2, 0) is 14.8 Å². The fraction of sp³-hybridized carbons (Fsp3) is 0.188. The molecule has 0 aromatic heterocycles. The van der Waals surface area contributed by atoms with Crippen molar-refractivity contribution in [3.63, 3.8) is 0 Å². The van der Waals surface area contributed by atoms with E-state index < -0.39 is 15.9 Å². The number of halogens is 3. The number of carbonyl (C=O) groups excluding carboxylic acids is 1. The molecule has 6 nitrogen and oxygen atoms in total. The van der Waals surface area contributed by atoms with Crippen LogP contribution in [0.4, 0.5) is 5.69 Å². The fourth-order valence-electron chi connectivity index (χ4n) is 2.05. The van der Waals surface area contributed by atoms with Gasteiger partial charge in [0.1, 0.15) is 5.75 Å². The largest absolute Gasteiger partial charge is 0.496 e. The zero-order valence-electron chi connectivity index (χ0n) is 13.8. The smallest absolute Gasteiger partial charge is 0.243 e. The van der Waals surface area contributed by atoms with Gasteiger partial charge in [-0.05, 0) is 52.3 Å². The molecule has 0 spiro atoms. The molecule has 0 heterocycles. The highest BCUT2D eigenvalue weighted by molar-refractivity contribution is 9.10. The number of carbonyl (C=O) groups is 1. The first-order valence-electron chi connectivity index (χ1n) is 7.20. The lowest BCUT2D eigenvalue weighted by Gasteiger charge is -2.17. The summed E-state index contributed by atoms with van der Waals surface area (Å²) < 4.78 is 31.8. The van der Waals surface area contributed by atoms with Crippen molar-refractivity contribution in [1.29, 1.82) is 0 Å². The van der Waals surface area contributed by atoms with Crippen LogP contribution in [0, 0.1) is 0 Å². The van der Waals surface area contributed by atoms with Crippen molar-refractivity contribution in [2.45, 2.75) is 4.90 Å². The Morgan fingerprint density at radius 3 is 2.46 bits per heavy atom. The second kappa shape index (κ2) is 8.58. The molecule has 0 aliphatic rings. The Balaban J connectivity index is 2.11. The van der Waals surface area contributed by atoms with Crippen LogP contribution in [0.3, 0.4) is 0 Å². The van der Waals surface area contributed by atoms with E-state index in [0.717, 1.165) is 4.31 Å². The standard InChI is InChI=1S/C16H15BrCl2N2O4S/c1-21(9-16(22)20-10-3-5-13(18)14(19)7-10)26(23,24)11-4-6-15(25-2)12(17)8-11/h3-8H,9H2,1-2H3,(H,20,22). The lowest BCUT2D eigenvalue weighted by molar-refractivity contribution is -0.116. The number of sulfonamides is 1. The van der Waals surface area contributed by atoms with Crippen molar-refractivity contribution in [3.05, 3.63) is 50.9 Å². The number of rotatable bonds is 6. The van der Waals surface area contributed by atoms with Crippen LogP contribution in [0.5, 0.6) is 5.75 Å². The van der Waals surface area contributed by atoms with Crippen LogP contribution < -0.4 is 10.1 Å². The van der Waals surface area contributed by atoms with Gasteiger partial charge in [0.15, 0.2) is 0 Å². The molecule has 0 saturated carbocycles. The molecule has 1 amide bonds. The molecular formula is C16H15BrCl2N2O4S. The predicted molar refractivity (Wildman–Crippen MR) is 106 cm³/mol. The number of hydrogen-bond donors (Lipinski definition) is 1. The molecular weight excluding hydrogens is 467 g/mol. The van der Waals surface area contributed by atoms with Gasteiger partial charge in [-0.3, -0.25) is 4.79 Å². The van der Waals surface area contributed by atoms with E-state index in [1.54, 1.807) is 6.07 Å². The van der Waals surface area contributed by atoms with Crippen LogP contribution >= 0.6 is 39.1 Å². The summed E-state index contributed by atoms with van der Waals surface area (Å²) in [6.45, 7) is -0.369. The van der Waals surface area contributed by atoms with E-state index in [2.05, 4.69) is 21.2 Å². The first-order chi connectivity index (χ1) is 12.1. The van der Waals surface area contributed by atoms with E-state index in [1.165, 1.54) is 44.5 Å². The number of nitrogens with one attached hydrogen (secondary N) is 1. The number of amides is 1. The Kier molecular flexibility index (Phi) is 6.92. The van der Waals surface area contributed by atoms with Gasteiger partial charge < -0.3 is 10.1 Å². The van der Waals surface area contributed by atoms with Gasteiger partial charge in [-0.25, -0.2) is 8.42 Å². The normalized spacial score (nSPS) is 11.5. The van der Waals surface area contributed by atoms with Gasteiger partial charge in [0.25, 0.3) is 0 Å². The third kappa shape index (κ3) is 4.89. The molecule has 0 bridgehead atoms. The molecule has 140 valence electrons. The Morgan fingerprint density at radius 1 is 1.19 bits per heavy atom. The average molecular weight is 482 g/mol. The quantitative estimate of drug-likeness (QED) is 0.675. The number of benzene rings is 2. The second-order valence-corrected chi connectivity index (χ2v) is 8.95. The third-order valence-electron chi connectivity index (χ3n) is 3.40. The highest BCUT2D eigenvalue weighted by Crippen LogP contribution is 2.28. The molecule has 2 aromatic rings. The maximum Gasteiger partial charge on any atom is 0.243 e. The topological polar surface area (TPSA) is 75.7 Å². The van der Waals surface area contributed by atoms with Crippen molar-refractivity contribution >= 4 is 60.7 Å². The molecule has 0 aliphatic heterocycles. The van der Waals surface area contributed by atoms with E-state index in [0.29, 0.717) is 20.9 Å². The summed E-state index contributed by atoms with van der Waals surface area (Å²) in [4.78, 5) is 12.2. The Hall–Kier alpha value is -1.32. The van der Waals surface area contributed by atoms with E-state index in [1.807, 2.05) is 0 Å². The average Bonchev–Trinajstić information content (AvgIpc) is 2.57. The summed E-state index contributed by atoms with van der Waals surface area (Å²) in [5.74, 6) is -0.00833. The highest BCUT2D eigenvalue weighted by atomic mass is 79.9. The highest BCUT2D eigenvalue weighted by Gasteiger charge is 2.24. The van der Waals surface area contributed by atoms with Crippen molar-refractivity contribution in [2.75, 3.05) is 26.0 Å². The van der Waals surface area contributed by atoms with E-state index in [4.69, 9.17) is 27.9 Å². The fourth-order valence-corrected chi connectivity index (χ4v) is 4.19. The van der Waals surface area contributed by atoms with E-state index >= 15 is 0 Å². The molecule has 1 N–H and O–H groups in total. The zero-order chi connectivity index (χ0) is 19.5.